The average Bonchev–Trinajstić information content (AvgIpc) is 3.51. The van der Waals surface area contributed by atoms with Gasteiger partial charge in [0.15, 0.2) is 0 Å². The van der Waals surface area contributed by atoms with Crippen molar-refractivity contribution in [1.29, 1.82) is 0 Å². The van der Waals surface area contributed by atoms with Crippen LogP contribution in [0.2, 0.25) is 0 Å². The Morgan fingerprint density at radius 1 is 0.879 bits per heavy atom. The maximum Gasteiger partial charge on any atom is 0.233 e. The van der Waals surface area contributed by atoms with Crippen molar-refractivity contribution in [2.75, 3.05) is 44.2 Å². The Morgan fingerprint density at radius 3 is 2.27 bits per heavy atom. The summed E-state index contributed by atoms with van der Waals surface area (Å²) in [6, 6.07) is 8.47. The average molecular weight is 463 g/mol. The zero-order valence-corrected chi connectivity index (χ0v) is 19.6. The first-order valence-electron chi connectivity index (χ1n) is 12.6. The van der Waals surface area contributed by atoms with Gasteiger partial charge in [-0.3, -0.25) is 19.4 Å². The van der Waals surface area contributed by atoms with Gasteiger partial charge < -0.3 is 4.90 Å². The molecule has 2 bridgehead atoms. The second-order valence-corrected chi connectivity index (χ2v) is 11.3. The molecule has 0 N–H and O–H groups in total. The van der Waals surface area contributed by atoms with Gasteiger partial charge in [-0.1, -0.05) is 24.3 Å². The molecule has 4 aliphatic carbocycles. The van der Waals surface area contributed by atoms with E-state index in [1.165, 1.54) is 16.5 Å². The smallest absolute Gasteiger partial charge is 0.233 e. The van der Waals surface area contributed by atoms with Crippen molar-refractivity contribution in [3.05, 3.63) is 36.4 Å². The summed E-state index contributed by atoms with van der Waals surface area (Å²) in [5.41, 5.74) is 0. The molecule has 1 aromatic carbocycles. The van der Waals surface area contributed by atoms with E-state index in [0.717, 1.165) is 51.4 Å². The monoisotopic (exact) mass is 462 g/mol. The number of benzene rings is 1. The number of hydrogen-bond acceptors (Lipinski definition) is 6. The minimum absolute atomic E-state index is 0.0499. The summed E-state index contributed by atoms with van der Waals surface area (Å²) >= 11 is 1.58. The van der Waals surface area contributed by atoms with Gasteiger partial charge in [-0.2, -0.15) is 4.37 Å². The van der Waals surface area contributed by atoms with Gasteiger partial charge in [0.05, 0.1) is 16.5 Å². The van der Waals surface area contributed by atoms with Gasteiger partial charge in [0.1, 0.15) is 5.82 Å². The van der Waals surface area contributed by atoms with Crippen LogP contribution in [0.3, 0.4) is 0 Å². The summed E-state index contributed by atoms with van der Waals surface area (Å²) in [5.74, 6) is 3.30. The quantitative estimate of drug-likeness (QED) is 0.375. The highest BCUT2D eigenvalue weighted by atomic mass is 32.1. The van der Waals surface area contributed by atoms with Crippen LogP contribution >= 0.6 is 11.5 Å². The van der Waals surface area contributed by atoms with E-state index in [9.17, 15) is 9.59 Å². The van der Waals surface area contributed by atoms with Crippen LogP contribution in [-0.2, 0) is 9.59 Å². The Labute approximate surface area is 198 Å². The Kier molecular flexibility index (Phi) is 4.66. The van der Waals surface area contributed by atoms with Crippen molar-refractivity contribution in [3.63, 3.8) is 0 Å². The van der Waals surface area contributed by atoms with E-state index < -0.39 is 0 Å². The number of amides is 2. The SMILES string of the molecule is O=C1C2C3C=CC(C4CC34)C2C(=O)N1CCCCN1CCN(c2nsc3ccccc23)CC1. The topological polar surface area (TPSA) is 56.8 Å². The number of allylic oxidation sites excluding steroid dienone is 2. The Balaban J connectivity index is 0.899. The van der Waals surface area contributed by atoms with E-state index in [1.807, 2.05) is 0 Å². The van der Waals surface area contributed by atoms with Gasteiger partial charge in [-0.05, 0) is 73.1 Å². The zero-order valence-electron chi connectivity index (χ0n) is 18.8. The lowest BCUT2D eigenvalue weighted by molar-refractivity contribution is -0.140. The fourth-order valence-electron chi connectivity index (χ4n) is 7.13. The maximum atomic E-state index is 13.1. The van der Waals surface area contributed by atoms with E-state index in [4.69, 9.17) is 4.37 Å². The number of carbonyl (C=O) groups excluding carboxylic acids is 2. The summed E-state index contributed by atoms with van der Waals surface area (Å²) in [5, 5.41) is 1.26. The number of unbranched alkanes of at least 4 members (excludes halogenated alkanes) is 1. The van der Waals surface area contributed by atoms with Crippen LogP contribution < -0.4 is 4.90 Å². The Morgan fingerprint density at radius 2 is 1.55 bits per heavy atom. The maximum absolute atomic E-state index is 13.1. The highest BCUT2D eigenvalue weighted by molar-refractivity contribution is 7.13. The number of nitrogens with zero attached hydrogens (tertiary/aromatic N) is 4. The number of aromatic nitrogens is 1. The molecule has 2 amide bonds. The van der Waals surface area contributed by atoms with Crippen LogP contribution in [0.4, 0.5) is 5.82 Å². The lowest BCUT2D eigenvalue weighted by Gasteiger charge is -2.37. The third kappa shape index (κ3) is 3.12. The Hall–Kier alpha value is -2.25. The molecule has 3 heterocycles. The summed E-state index contributed by atoms with van der Waals surface area (Å²) in [6.07, 6.45) is 7.67. The molecule has 0 radical (unpaired) electrons. The Bertz CT molecular complexity index is 1100. The molecular weight excluding hydrogens is 432 g/mol. The number of piperazine rings is 1. The van der Waals surface area contributed by atoms with Crippen molar-refractivity contribution >= 4 is 39.3 Å². The van der Waals surface area contributed by atoms with Crippen molar-refractivity contribution in [2.24, 2.45) is 35.5 Å². The van der Waals surface area contributed by atoms with Crippen LogP contribution in [0.5, 0.6) is 0 Å². The molecule has 6 unspecified atom stereocenters. The van der Waals surface area contributed by atoms with Gasteiger partial charge in [0.25, 0.3) is 0 Å². The van der Waals surface area contributed by atoms with Crippen LogP contribution in [0, 0.1) is 35.5 Å². The minimum Gasteiger partial charge on any atom is -0.353 e. The van der Waals surface area contributed by atoms with Crippen LogP contribution in [0.1, 0.15) is 19.3 Å². The lowest BCUT2D eigenvalue weighted by atomic mass is 9.63. The molecule has 8 rings (SSSR count). The molecule has 2 saturated heterocycles. The molecule has 2 aromatic rings. The number of anilines is 1. The second-order valence-electron chi connectivity index (χ2n) is 10.5. The molecule has 6 atom stereocenters. The first kappa shape index (κ1) is 20.2. The second kappa shape index (κ2) is 7.64. The van der Waals surface area contributed by atoms with Crippen molar-refractivity contribution in [2.45, 2.75) is 19.3 Å². The third-order valence-electron chi connectivity index (χ3n) is 8.89. The first-order valence-corrected chi connectivity index (χ1v) is 13.3. The van der Waals surface area contributed by atoms with Crippen LogP contribution in [0.25, 0.3) is 10.1 Å². The number of rotatable bonds is 6. The molecule has 6 nitrogen and oxygen atoms in total. The number of imide groups is 1. The molecule has 2 saturated carbocycles. The van der Waals surface area contributed by atoms with Crippen molar-refractivity contribution < 1.29 is 9.59 Å². The van der Waals surface area contributed by atoms with Crippen molar-refractivity contribution in [3.8, 4) is 0 Å². The fraction of sp³-hybridized carbons (Fsp3) is 0.577. The van der Waals surface area contributed by atoms with E-state index in [-0.39, 0.29) is 23.7 Å². The molecule has 172 valence electrons. The third-order valence-corrected chi connectivity index (χ3v) is 9.71. The highest BCUT2D eigenvalue weighted by Gasteiger charge is 2.66. The van der Waals surface area contributed by atoms with Crippen LogP contribution in [0.15, 0.2) is 36.4 Å². The molecule has 7 heteroatoms. The van der Waals surface area contributed by atoms with Gasteiger partial charge in [0.2, 0.25) is 11.8 Å². The van der Waals surface area contributed by atoms with E-state index in [2.05, 4.69) is 46.2 Å². The van der Waals surface area contributed by atoms with E-state index in [0.29, 0.717) is 30.2 Å². The normalized spacial score (nSPS) is 34.9. The molecule has 0 spiro atoms. The minimum atomic E-state index is -0.0499. The molecule has 1 aromatic heterocycles. The van der Waals surface area contributed by atoms with E-state index in [1.54, 1.807) is 16.4 Å². The lowest BCUT2D eigenvalue weighted by Crippen LogP contribution is -2.46. The molecular formula is C26H30N4O2S. The first-order chi connectivity index (χ1) is 16.2. The molecule has 2 aliphatic heterocycles. The number of likely N-dealkylation sites (tertiary alicyclic amines) is 1. The van der Waals surface area contributed by atoms with E-state index >= 15 is 0 Å². The predicted molar refractivity (Wildman–Crippen MR) is 129 cm³/mol. The number of fused-ring (bicyclic) bond motifs is 1. The molecule has 6 aliphatic rings. The largest absolute Gasteiger partial charge is 0.353 e. The van der Waals surface area contributed by atoms with Crippen LogP contribution in [-0.4, -0.2) is 65.3 Å². The summed E-state index contributed by atoms with van der Waals surface area (Å²) in [6.45, 7) is 5.71. The van der Waals surface area contributed by atoms with Crippen molar-refractivity contribution in [1.82, 2.24) is 14.2 Å². The number of carbonyl (C=O) groups is 2. The molecule has 33 heavy (non-hydrogen) atoms. The summed E-state index contributed by atoms with van der Waals surface area (Å²) < 4.78 is 5.96. The number of hydrogen-bond donors (Lipinski definition) is 0. The van der Waals surface area contributed by atoms with Gasteiger partial charge in [-0.15, -0.1) is 0 Å². The highest BCUT2D eigenvalue weighted by Crippen LogP contribution is 2.65. The van der Waals surface area contributed by atoms with Gasteiger partial charge in [-0.25, -0.2) is 0 Å². The van der Waals surface area contributed by atoms with Gasteiger partial charge >= 0.3 is 0 Å². The summed E-state index contributed by atoms with van der Waals surface area (Å²) in [4.78, 5) is 32.7. The van der Waals surface area contributed by atoms with Gasteiger partial charge in [0, 0.05) is 38.1 Å². The standard InChI is InChI=1S/C26H30N4O2S/c31-25-22-16-7-8-17(20-15-19(16)20)23(22)26(32)30(25)10-4-3-9-28-11-13-29(14-12-28)24-18-5-1-2-6-21(18)33-27-24/h1-2,5-8,16-17,19-20,22-23H,3-4,9-15H2. The predicted octanol–water partition coefficient (Wildman–Crippen LogP) is 3.25. The molecule has 4 fully saturated rings. The summed E-state index contributed by atoms with van der Waals surface area (Å²) in [7, 11) is 0. The zero-order chi connectivity index (χ0) is 22.1. The fourth-order valence-corrected chi connectivity index (χ4v) is 7.92.